The number of nitrogens with two attached hydrogens (primary N) is 1. The monoisotopic (exact) mass is 299 g/mol. The highest BCUT2D eigenvalue weighted by Gasteiger charge is 2.42. The number of ether oxygens (including phenoxy) is 1. The van der Waals surface area contributed by atoms with Crippen molar-refractivity contribution in [1.29, 1.82) is 0 Å². The van der Waals surface area contributed by atoms with Gasteiger partial charge in [0, 0.05) is 13.6 Å². The molecule has 0 saturated heterocycles. The summed E-state index contributed by atoms with van der Waals surface area (Å²) in [6.07, 6.45) is -0.114. The molecule has 0 aromatic rings. The summed E-state index contributed by atoms with van der Waals surface area (Å²) in [4.78, 5) is 29.6. The van der Waals surface area contributed by atoms with E-state index < -0.39 is 25.3 Å². The van der Waals surface area contributed by atoms with Crippen LogP contribution in [0.1, 0.15) is 33.6 Å². The van der Waals surface area contributed by atoms with Gasteiger partial charge in [0.25, 0.3) is 0 Å². The van der Waals surface area contributed by atoms with Crippen molar-refractivity contribution in [2.24, 2.45) is 5.90 Å². The molecule has 0 aromatic carbocycles. The third-order valence-corrected chi connectivity index (χ3v) is 3.04. The molecule has 0 aliphatic heterocycles. The number of rotatable bonds is 9. The van der Waals surface area contributed by atoms with Gasteiger partial charge in [-0.3, -0.25) is 9.36 Å². The summed E-state index contributed by atoms with van der Waals surface area (Å²) in [6, 6.07) is 0. The summed E-state index contributed by atoms with van der Waals surface area (Å²) in [5.74, 6) is 4.50. The molecule has 3 N–H and O–H groups in total. The molecule has 0 aliphatic rings. The first kappa shape index (κ1) is 18.5. The molecule has 0 spiro atoms. The highest BCUT2D eigenvalue weighted by Crippen LogP contribution is 2.39. The average Bonchev–Trinajstić information content (AvgIpc) is 2.30. The Morgan fingerprint density at radius 3 is 2.26 bits per heavy atom. The molecule has 8 nitrogen and oxygen atoms in total. The van der Waals surface area contributed by atoms with Crippen LogP contribution < -0.4 is 5.90 Å². The van der Waals surface area contributed by atoms with E-state index in [2.05, 4.69) is 9.51 Å². The van der Waals surface area contributed by atoms with Gasteiger partial charge in [0.1, 0.15) is 12.2 Å². The largest absolute Gasteiger partial charge is 0.456 e. The Bertz CT molecular complexity index is 326. The van der Waals surface area contributed by atoms with E-state index in [1.807, 2.05) is 0 Å². The lowest BCUT2D eigenvalue weighted by Crippen LogP contribution is -2.49. The molecule has 0 fully saturated rings. The molecule has 0 aromatic heterocycles. The summed E-state index contributed by atoms with van der Waals surface area (Å²) < 4.78 is 20.8. The van der Waals surface area contributed by atoms with Crippen molar-refractivity contribution >= 4 is 13.6 Å². The molecule has 0 heterocycles. The Labute approximate surface area is 112 Å². The summed E-state index contributed by atoms with van der Waals surface area (Å²) in [5.41, 5.74) is -1.04. The number of carbonyl (C=O) groups excluding carboxylic acids is 1. The maximum absolute atomic E-state index is 11.2. The molecule has 0 radical (unpaired) electrons. The molecule has 0 rings (SSSR count). The molecule has 0 aliphatic carbocycles. The fraction of sp³-hybridized carbons (Fsp3) is 0.900. The predicted octanol–water partition coefficient (Wildman–Crippen LogP) is 1.13. The molecule has 2 atom stereocenters. The molecule has 2 unspecified atom stereocenters. The summed E-state index contributed by atoms with van der Waals surface area (Å²) in [5, 5.41) is 0. The van der Waals surface area contributed by atoms with Crippen molar-refractivity contribution in [3.63, 3.8) is 0 Å². The minimum absolute atomic E-state index is 0.158. The smallest absolute Gasteiger partial charge is 0.352 e. The van der Waals surface area contributed by atoms with E-state index in [-0.39, 0.29) is 6.61 Å². The molecule has 0 bridgehead atoms. The number of hydrogen-bond acceptors (Lipinski definition) is 7. The van der Waals surface area contributed by atoms with Gasteiger partial charge >= 0.3 is 13.6 Å². The molecular weight excluding hydrogens is 277 g/mol. The minimum atomic E-state index is -3.83. The van der Waals surface area contributed by atoms with Crippen LogP contribution in [0.15, 0.2) is 0 Å². The second kappa shape index (κ2) is 7.94. The lowest BCUT2D eigenvalue weighted by atomic mass is 9.90. The highest BCUT2D eigenvalue weighted by molar-refractivity contribution is 7.51. The number of hydrogen-bond donors (Lipinski definition) is 2. The zero-order valence-electron chi connectivity index (χ0n) is 11.6. The van der Waals surface area contributed by atoms with Gasteiger partial charge in [-0.25, -0.2) is 10.8 Å². The topological polar surface area (TPSA) is 117 Å². The fourth-order valence-electron chi connectivity index (χ4n) is 1.69. The molecule has 19 heavy (non-hydrogen) atoms. The van der Waals surface area contributed by atoms with E-state index in [0.29, 0.717) is 12.8 Å². The quantitative estimate of drug-likeness (QED) is 0.281. The normalized spacial score (nSPS) is 16.7. The summed E-state index contributed by atoms with van der Waals surface area (Å²) >= 11 is 0. The van der Waals surface area contributed by atoms with Gasteiger partial charge in [-0.05, 0) is 12.8 Å². The van der Waals surface area contributed by atoms with Crippen LogP contribution in [0.3, 0.4) is 0 Å². The van der Waals surface area contributed by atoms with Gasteiger partial charge in [0.05, 0.1) is 0 Å². The minimum Gasteiger partial charge on any atom is -0.456 e. The highest BCUT2D eigenvalue weighted by atomic mass is 31.2. The van der Waals surface area contributed by atoms with Crippen molar-refractivity contribution in [1.82, 2.24) is 0 Å². The second-order valence-corrected chi connectivity index (χ2v) is 5.92. The van der Waals surface area contributed by atoms with Crippen molar-refractivity contribution in [2.45, 2.75) is 45.3 Å². The van der Waals surface area contributed by atoms with Crippen LogP contribution in [-0.4, -0.2) is 35.8 Å². The van der Waals surface area contributed by atoms with Gasteiger partial charge in [-0.1, -0.05) is 13.8 Å². The summed E-state index contributed by atoms with van der Waals surface area (Å²) in [6.45, 7) is 5.64. The first-order valence-electron chi connectivity index (χ1n) is 5.87. The molecular formula is C10H22NO7P. The van der Waals surface area contributed by atoms with Crippen LogP contribution in [0.4, 0.5) is 0 Å². The Hall–Kier alpha value is -0.500. The van der Waals surface area contributed by atoms with E-state index in [1.165, 1.54) is 6.92 Å². The fourth-order valence-corrected chi connectivity index (χ4v) is 1.95. The van der Waals surface area contributed by atoms with E-state index in [4.69, 9.17) is 20.4 Å². The Kier molecular flexibility index (Phi) is 7.73. The third kappa shape index (κ3) is 6.47. The Balaban J connectivity index is 5.04. The van der Waals surface area contributed by atoms with Gasteiger partial charge in [0.15, 0.2) is 6.10 Å². The first-order valence-corrected chi connectivity index (χ1v) is 7.89. The van der Waals surface area contributed by atoms with Crippen molar-refractivity contribution < 1.29 is 33.4 Å². The van der Waals surface area contributed by atoms with E-state index in [9.17, 15) is 9.36 Å². The standard InChI is InChI=1S/C10H22NO7P/c1-5-10(6-2,16-8(3)12)9(7-15-11)17-18-19(4,13)14/h9H,5-7,11H2,1-4H3,(H,13,14). The Morgan fingerprint density at radius 1 is 1.42 bits per heavy atom. The van der Waals surface area contributed by atoms with Crippen LogP contribution in [0.2, 0.25) is 0 Å². The Morgan fingerprint density at radius 2 is 1.95 bits per heavy atom. The first-order chi connectivity index (χ1) is 8.70. The number of carbonyl (C=O) groups is 1. The van der Waals surface area contributed by atoms with E-state index in [1.54, 1.807) is 13.8 Å². The van der Waals surface area contributed by atoms with Crippen molar-refractivity contribution in [3.05, 3.63) is 0 Å². The second-order valence-electron chi connectivity index (χ2n) is 4.16. The predicted molar refractivity (Wildman–Crippen MR) is 66.9 cm³/mol. The van der Waals surface area contributed by atoms with Crippen LogP contribution >= 0.6 is 7.60 Å². The van der Waals surface area contributed by atoms with Crippen molar-refractivity contribution in [2.75, 3.05) is 13.3 Å². The molecule has 114 valence electrons. The zero-order valence-corrected chi connectivity index (χ0v) is 12.5. The van der Waals surface area contributed by atoms with Gasteiger partial charge in [-0.15, -0.1) is 4.67 Å². The van der Waals surface area contributed by atoms with Crippen LogP contribution in [0.5, 0.6) is 0 Å². The average molecular weight is 299 g/mol. The third-order valence-electron chi connectivity index (χ3n) is 2.68. The number of esters is 1. The van der Waals surface area contributed by atoms with Crippen LogP contribution in [0, 0.1) is 0 Å². The van der Waals surface area contributed by atoms with Crippen LogP contribution in [-0.2, 0) is 28.5 Å². The van der Waals surface area contributed by atoms with E-state index >= 15 is 0 Å². The maximum Gasteiger partial charge on any atom is 0.352 e. The van der Waals surface area contributed by atoms with Gasteiger partial charge < -0.3 is 14.5 Å². The SMILES string of the molecule is CCC(CC)(OC(C)=O)C(CON)OOP(C)(=O)O. The van der Waals surface area contributed by atoms with Gasteiger partial charge in [-0.2, -0.15) is 0 Å². The molecule has 9 heteroatoms. The van der Waals surface area contributed by atoms with Crippen LogP contribution in [0.25, 0.3) is 0 Å². The zero-order chi connectivity index (χ0) is 15.1. The van der Waals surface area contributed by atoms with E-state index in [0.717, 1.165) is 6.66 Å². The van der Waals surface area contributed by atoms with Gasteiger partial charge in [0.2, 0.25) is 0 Å². The van der Waals surface area contributed by atoms with Crippen molar-refractivity contribution in [3.8, 4) is 0 Å². The lowest BCUT2D eigenvalue weighted by Gasteiger charge is -2.36. The molecule has 0 amide bonds. The maximum atomic E-state index is 11.2. The summed E-state index contributed by atoms with van der Waals surface area (Å²) in [7, 11) is -3.83. The molecule has 0 saturated carbocycles. The lowest BCUT2D eigenvalue weighted by molar-refractivity contribution is -0.303.